The lowest BCUT2D eigenvalue weighted by Gasteiger charge is -2.19. The van der Waals surface area contributed by atoms with Crippen molar-refractivity contribution in [3.8, 4) is 0 Å². The summed E-state index contributed by atoms with van der Waals surface area (Å²) in [5.41, 5.74) is 1.42. The van der Waals surface area contributed by atoms with E-state index in [-0.39, 0.29) is 0 Å². The quantitative estimate of drug-likeness (QED) is 0.703. The van der Waals surface area contributed by atoms with E-state index in [0.29, 0.717) is 0 Å². The maximum Gasteiger partial charge on any atom is 0.0843 e. The normalized spacial score (nSPS) is 10.3. The second-order valence-corrected chi connectivity index (χ2v) is 3.37. The van der Waals surface area contributed by atoms with Gasteiger partial charge >= 0.3 is 0 Å². The van der Waals surface area contributed by atoms with Crippen LogP contribution in [0.2, 0.25) is 0 Å². The Kier molecular flexibility index (Phi) is 4.71. The van der Waals surface area contributed by atoms with Crippen LogP contribution in [0.1, 0.15) is 38.8 Å². The van der Waals surface area contributed by atoms with Crippen LogP contribution in [-0.2, 0) is 5.60 Å². The molecule has 0 aliphatic carbocycles. The van der Waals surface area contributed by atoms with E-state index in [0.717, 1.165) is 11.1 Å². The first-order valence-electron chi connectivity index (χ1n) is 4.80. The van der Waals surface area contributed by atoms with Gasteiger partial charge < -0.3 is 5.11 Å². The molecule has 1 aromatic carbocycles. The first-order valence-corrected chi connectivity index (χ1v) is 4.80. The average Bonchev–Trinajstić information content (AvgIpc) is 2.07. The molecular weight excluding hydrogens is 160 g/mol. The van der Waals surface area contributed by atoms with Gasteiger partial charge in [-0.2, -0.15) is 0 Å². The molecule has 0 unspecified atom stereocenters. The molecular formula is C12H20O. The number of rotatable bonds is 1. The lowest BCUT2D eigenvalue weighted by Crippen LogP contribution is -2.16. The molecule has 74 valence electrons. The molecule has 0 fully saturated rings. The lowest BCUT2D eigenvalue weighted by atomic mass is 9.94. The van der Waals surface area contributed by atoms with E-state index in [4.69, 9.17) is 0 Å². The van der Waals surface area contributed by atoms with Gasteiger partial charge in [0.25, 0.3) is 0 Å². The van der Waals surface area contributed by atoms with Crippen LogP contribution in [0.4, 0.5) is 0 Å². The van der Waals surface area contributed by atoms with E-state index in [2.05, 4.69) is 0 Å². The van der Waals surface area contributed by atoms with Gasteiger partial charge in [-0.05, 0) is 31.9 Å². The Morgan fingerprint density at radius 3 is 1.85 bits per heavy atom. The van der Waals surface area contributed by atoms with Gasteiger partial charge in [0, 0.05) is 0 Å². The fourth-order valence-corrected chi connectivity index (χ4v) is 1.26. The summed E-state index contributed by atoms with van der Waals surface area (Å²) < 4.78 is 0. The molecule has 0 atom stereocenters. The topological polar surface area (TPSA) is 20.2 Å². The van der Waals surface area contributed by atoms with Crippen LogP contribution < -0.4 is 0 Å². The van der Waals surface area contributed by atoms with Gasteiger partial charge in [0.05, 0.1) is 5.60 Å². The first kappa shape index (κ1) is 12.2. The van der Waals surface area contributed by atoms with Crippen molar-refractivity contribution in [2.24, 2.45) is 0 Å². The lowest BCUT2D eigenvalue weighted by molar-refractivity contribution is 0.0779. The Morgan fingerprint density at radius 1 is 1.08 bits per heavy atom. The second-order valence-electron chi connectivity index (χ2n) is 3.37. The van der Waals surface area contributed by atoms with Crippen LogP contribution in [-0.4, -0.2) is 5.11 Å². The van der Waals surface area contributed by atoms with Crippen LogP contribution in [0, 0.1) is 6.92 Å². The van der Waals surface area contributed by atoms with Crippen molar-refractivity contribution in [1.82, 2.24) is 0 Å². The fraction of sp³-hybridized carbons (Fsp3) is 0.500. The summed E-state index contributed by atoms with van der Waals surface area (Å²) >= 11 is 0. The summed E-state index contributed by atoms with van der Waals surface area (Å²) in [5, 5.41) is 9.67. The van der Waals surface area contributed by atoms with E-state index in [1.807, 2.05) is 45.0 Å². The summed E-state index contributed by atoms with van der Waals surface area (Å²) in [6.45, 7) is 9.61. The van der Waals surface area contributed by atoms with Crippen molar-refractivity contribution in [3.63, 3.8) is 0 Å². The molecule has 1 aromatic rings. The summed E-state index contributed by atoms with van der Waals surface area (Å²) in [6, 6.07) is 7.88. The van der Waals surface area contributed by atoms with Crippen LogP contribution in [0.5, 0.6) is 0 Å². The number of benzene rings is 1. The SMILES string of the molecule is CC.Cc1ccccc1C(C)(C)O. The summed E-state index contributed by atoms with van der Waals surface area (Å²) in [7, 11) is 0. The smallest absolute Gasteiger partial charge is 0.0843 e. The van der Waals surface area contributed by atoms with Gasteiger partial charge in [-0.1, -0.05) is 38.1 Å². The molecule has 0 aliphatic rings. The molecule has 0 heterocycles. The zero-order chi connectivity index (χ0) is 10.5. The maximum absolute atomic E-state index is 9.67. The van der Waals surface area contributed by atoms with Crippen molar-refractivity contribution >= 4 is 0 Å². The zero-order valence-corrected chi connectivity index (χ0v) is 9.26. The molecule has 0 radical (unpaired) electrons. The van der Waals surface area contributed by atoms with Crippen molar-refractivity contribution in [3.05, 3.63) is 35.4 Å². The van der Waals surface area contributed by atoms with Crippen LogP contribution in [0.15, 0.2) is 24.3 Å². The van der Waals surface area contributed by atoms with Gasteiger partial charge in [-0.25, -0.2) is 0 Å². The summed E-state index contributed by atoms with van der Waals surface area (Å²) in [4.78, 5) is 0. The molecule has 1 nitrogen and oxygen atoms in total. The molecule has 0 bridgehead atoms. The predicted molar refractivity (Wildman–Crippen MR) is 57.8 cm³/mol. The fourth-order valence-electron chi connectivity index (χ4n) is 1.26. The third-order valence-corrected chi connectivity index (χ3v) is 1.80. The largest absolute Gasteiger partial charge is 0.386 e. The van der Waals surface area contributed by atoms with Crippen molar-refractivity contribution in [1.29, 1.82) is 0 Å². The number of aryl methyl sites for hydroxylation is 1. The summed E-state index contributed by atoms with van der Waals surface area (Å²) in [5.74, 6) is 0. The van der Waals surface area contributed by atoms with E-state index in [1.54, 1.807) is 13.8 Å². The highest BCUT2D eigenvalue weighted by atomic mass is 16.3. The Morgan fingerprint density at radius 2 is 1.54 bits per heavy atom. The first-order chi connectivity index (χ1) is 6.02. The molecule has 1 N–H and O–H groups in total. The highest BCUT2D eigenvalue weighted by Crippen LogP contribution is 2.22. The monoisotopic (exact) mass is 180 g/mol. The molecule has 1 rings (SSSR count). The van der Waals surface area contributed by atoms with Crippen LogP contribution in [0.3, 0.4) is 0 Å². The predicted octanol–water partition coefficient (Wildman–Crippen LogP) is 3.25. The molecule has 13 heavy (non-hydrogen) atoms. The van der Waals surface area contributed by atoms with Crippen molar-refractivity contribution < 1.29 is 5.11 Å². The number of aliphatic hydroxyl groups is 1. The minimum atomic E-state index is -0.717. The minimum absolute atomic E-state index is 0.717. The summed E-state index contributed by atoms with van der Waals surface area (Å²) in [6.07, 6.45) is 0. The van der Waals surface area contributed by atoms with Crippen LogP contribution >= 0.6 is 0 Å². The van der Waals surface area contributed by atoms with Gasteiger partial charge in [-0.15, -0.1) is 0 Å². The van der Waals surface area contributed by atoms with Gasteiger partial charge in [-0.3, -0.25) is 0 Å². The second kappa shape index (κ2) is 5.03. The molecule has 0 spiro atoms. The molecule has 0 amide bonds. The Balaban J connectivity index is 0.000000671. The van der Waals surface area contributed by atoms with Crippen molar-refractivity contribution in [2.75, 3.05) is 0 Å². The number of hydrogen-bond acceptors (Lipinski definition) is 1. The Labute approximate surface area is 81.4 Å². The highest BCUT2D eigenvalue weighted by molar-refractivity contribution is 5.29. The number of hydrogen-bond donors (Lipinski definition) is 1. The van der Waals surface area contributed by atoms with E-state index < -0.39 is 5.60 Å². The van der Waals surface area contributed by atoms with Gasteiger partial charge in [0.2, 0.25) is 0 Å². The standard InChI is InChI=1S/C10H14O.C2H6/c1-8-6-4-5-7-9(8)10(2,3)11;1-2/h4-7,11H,1-3H3;1-2H3. The van der Waals surface area contributed by atoms with Gasteiger partial charge in [0.15, 0.2) is 0 Å². The Hall–Kier alpha value is -0.820. The van der Waals surface area contributed by atoms with Crippen LogP contribution in [0.25, 0.3) is 0 Å². The molecule has 1 heteroatoms. The Bertz CT molecular complexity index is 246. The minimum Gasteiger partial charge on any atom is -0.386 e. The van der Waals surface area contributed by atoms with E-state index in [9.17, 15) is 5.11 Å². The maximum atomic E-state index is 9.67. The molecule has 0 aliphatic heterocycles. The van der Waals surface area contributed by atoms with Crippen molar-refractivity contribution in [2.45, 2.75) is 40.2 Å². The average molecular weight is 180 g/mol. The third-order valence-electron chi connectivity index (χ3n) is 1.80. The molecule has 0 saturated carbocycles. The van der Waals surface area contributed by atoms with E-state index >= 15 is 0 Å². The third kappa shape index (κ3) is 3.60. The molecule has 0 saturated heterocycles. The zero-order valence-electron chi connectivity index (χ0n) is 9.26. The molecule has 0 aromatic heterocycles. The highest BCUT2D eigenvalue weighted by Gasteiger charge is 2.16. The van der Waals surface area contributed by atoms with Gasteiger partial charge in [0.1, 0.15) is 0 Å². The van der Waals surface area contributed by atoms with E-state index in [1.165, 1.54) is 0 Å².